The van der Waals surface area contributed by atoms with Gasteiger partial charge in [-0.2, -0.15) is 8.75 Å². The molecule has 0 bridgehead atoms. The van der Waals surface area contributed by atoms with E-state index in [1.165, 1.54) is 127 Å². The predicted octanol–water partition coefficient (Wildman–Crippen LogP) is 18.9. The molecule has 4 heterocycles. The Morgan fingerprint density at radius 1 is 0.557 bits per heavy atom. The molecule has 4 aromatic heterocycles. The molecule has 0 saturated heterocycles. The van der Waals surface area contributed by atoms with E-state index in [2.05, 4.69) is 180 Å². The Bertz CT molecular complexity index is 2670. The van der Waals surface area contributed by atoms with Gasteiger partial charge in [0.15, 0.2) is 0 Å². The molecule has 3 nitrogen and oxygen atoms in total. The molecule has 0 amide bonds. The number of nitrogens with zero attached hydrogens (tertiary/aromatic N) is 3. The van der Waals surface area contributed by atoms with Crippen molar-refractivity contribution in [1.82, 2.24) is 8.75 Å². The summed E-state index contributed by atoms with van der Waals surface area (Å²) in [5, 5.41) is 0. The lowest BCUT2D eigenvalue weighted by molar-refractivity contribution is 0.667. The van der Waals surface area contributed by atoms with Crippen molar-refractivity contribution in [2.24, 2.45) is 0 Å². The van der Waals surface area contributed by atoms with Crippen LogP contribution in [-0.4, -0.2) is 8.75 Å². The molecule has 0 N–H and O–H groups in total. The topological polar surface area (TPSA) is 29.0 Å². The largest absolute Gasteiger partial charge is 0.311 e. The van der Waals surface area contributed by atoms with E-state index in [1.807, 2.05) is 22.7 Å². The maximum atomic E-state index is 4.98. The van der Waals surface area contributed by atoms with Gasteiger partial charge >= 0.3 is 0 Å². The molecule has 0 unspecified atom stereocenters. The zero-order valence-electron chi connectivity index (χ0n) is 35.3. The Hall–Kier alpha value is -3.70. The summed E-state index contributed by atoms with van der Waals surface area (Å²) in [5.74, 6) is 0. The van der Waals surface area contributed by atoms with Crippen molar-refractivity contribution in [1.29, 1.82) is 0 Å². The molecule has 4 aromatic carbocycles. The number of aromatic nitrogens is 2. The number of fused-ring (bicyclic) bond motifs is 1. The van der Waals surface area contributed by atoms with Gasteiger partial charge in [-0.3, -0.25) is 0 Å². The van der Waals surface area contributed by atoms with Gasteiger partial charge < -0.3 is 4.90 Å². The highest BCUT2D eigenvalue weighted by Gasteiger charge is 2.21. The monoisotopic (exact) mass is 1000 g/mol. The van der Waals surface area contributed by atoms with Gasteiger partial charge in [0.05, 0.1) is 19.3 Å². The van der Waals surface area contributed by atoms with Crippen LogP contribution in [0.5, 0.6) is 0 Å². The fraction of sp³-hybridized carbons (Fsp3) is 0.269. The Kier molecular flexibility index (Phi) is 14.9. The van der Waals surface area contributed by atoms with Crippen molar-refractivity contribution < 1.29 is 0 Å². The minimum Gasteiger partial charge on any atom is -0.311 e. The number of rotatable bonds is 18. The van der Waals surface area contributed by atoms with E-state index < -0.39 is 0 Å². The first kappa shape index (κ1) is 43.9. The van der Waals surface area contributed by atoms with Crippen LogP contribution in [0.3, 0.4) is 0 Å². The lowest BCUT2D eigenvalue weighted by Gasteiger charge is -2.26. The molecule has 312 valence electrons. The van der Waals surface area contributed by atoms with Crippen molar-refractivity contribution in [2.45, 2.75) is 91.9 Å². The zero-order chi connectivity index (χ0) is 42.3. The number of halogens is 2. The summed E-state index contributed by atoms with van der Waals surface area (Å²) in [5.41, 5.74) is 15.6. The van der Waals surface area contributed by atoms with E-state index in [9.17, 15) is 0 Å². The Labute approximate surface area is 394 Å². The van der Waals surface area contributed by atoms with Gasteiger partial charge in [-0.05, 0) is 149 Å². The SMILES string of the molecule is CCCCCCc1cc(-c2ccc(-c3cc(CCCCCC)c(-c4ccc(N(c5ccc(C)cc5)c5ccc(C)cc5)cc4)s3)c3nsnc23)sc1/C=C/c1cc(Br)sc1Br. The van der Waals surface area contributed by atoms with Crippen LogP contribution >= 0.6 is 77.6 Å². The quantitative estimate of drug-likeness (QED) is 0.0802. The fourth-order valence-electron chi connectivity index (χ4n) is 7.88. The molecule has 8 rings (SSSR count). The third-order valence-electron chi connectivity index (χ3n) is 11.3. The fourth-order valence-corrected chi connectivity index (χ4v) is 13.6. The van der Waals surface area contributed by atoms with E-state index >= 15 is 0 Å². The summed E-state index contributed by atoms with van der Waals surface area (Å²) in [6.45, 7) is 8.85. The third-order valence-corrected chi connectivity index (χ3v) is 16.6. The Morgan fingerprint density at radius 3 is 1.62 bits per heavy atom. The third kappa shape index (κ3) is 10.4. The van der Waals surface area contributed by atoms with Crippen LogP contribution in [0, 0.1) is 13.8 Å². The number of thiophene rings is 3. The summed E-state index contributed by atoms with van der Waals surface area (Å²) in [7, 11) is 0. The first-order chi connectivity index (χ1) is 29.8. The number of hydrogen-bond donors (Lipinski definition) is 0. The standard InChI is InChI=1S/C52H51Br2N3S4/c1-5-7-9-11-13-37-31-46(58-45(37)30-21-39-33-48(53)60-52(39)54)43-28-29-44(50-49(43)55-61-56-50)47-32-38(14-12-10-8-6-2)51(59-47)36-19-26-42(27-20-36)57(40-22-15-34(3)16-23-40)41-24-17-35(4)18-25-41/h15-33H,5-14H2,1-4H3/b30-21+. The van der Waals surface area contributed by atoms with Gasteiger partial charge in [0.2, 0.25) is 0 Å². The summed E-state index contributed by atoms with van der Waals surface area (Å²) >= 11 is 14.2. The number of benzene rings is 4. The summed E-state index contributed by atoms with van der Waals surface area (Å²) < 4.78 is 12.2. The normalized spacial score (nSPS) is 11.7. The first-order valence-electron chi connectivity index (χ1n) is 21.5. The number of anilines is 3. The van der Waals surface area contributed by atoms with E-state index in [4.69, 9.17) is 8.75 Å². The Balaban J connectivity index is 1.14. The smallest absolute Gasteiger partial charge is 0.114 e. The molecular formula is C52H51Br2N3S4. The highest BCUT2D eigenvalue weighted by molar-refractivity contribution is 9.12. The molecule has 0 spiro atoms. The molecule has 61 heavy (non-hydrogen) atoms. The van der Waals surface area contributed by atoms with Crippen molar-refractivity contribution in [3.05, 3.63) is 143 Å². The minimum atomic E-state index is 0.997. The highest BCUT2D eigenvalue weighted by atomic mass is 79.9. The average Bonchev–Trinajstić information content (AvgIpc) is 4.08. The van der Waals surface area contributed by atoms with Crippen molar-refractivity contribution in [3.8, 4) is 31.3 Å². The van der Waals surface area contributed by atoms with Gasteiger partial charge in [0.25, 0.3) is 0 Å². The molecule has 8 aromatic rings. The zero-order valence-corrected chi connectivity index (χ0v) is 41.7. The molecule has 9 heteroatoms. The van der Waals surface area contributed by atoms with Gasteiger partial charge in [0.1, 0.15) is 11.0 Å². The van der Waals surface area contributed by atoms with Crippen LogP contribution in [-0.2, 0) is 12.8 Å². The van der Waals surface area contributed by atoms with E-state index in [-0.39, 0.29) is 0 Å². The maximum absolute atomic E-state index is 4.98. The molecule has 0 fully saturated rings. The maximum Gasteiger partial charge on any atom is 0.114 e. The van der Waals surface area contributed by atoms with Crippen LogP contribution in [0.4, 0.5) is 17.1 Å². The van der Waals surface area contributed by atoms with Gasteiger partial charge in [-0.1, -0.05) is 118 Å². The second-order valence-electron chi connectivity index (χ2n) is 15.9. The van der Waals surface area contributed by atoms with E-state index in [0.29, 0.717) is 0 Å². The summed E-state index contributed by atoms with van der Waals surface area (Å²) in [4.78, 5) is 7.54. The summed E-state index contributed by atoms with van der Waals surface area (Å²) in [6.07, 6.45) is 16.6. The molecule has 0 aliphatic heterocycles. The van der Waals surface area contributed by atoms with Crippen molar-refractivity contribution >= 4 is 118 Å². The second-order valence-corrected chi connectivity index (χ2v) is 22.3. The van der Waals surface area contributed by atoms with Gasteiger partial charge in [-0.15, -0.1) is 34.0 Å². The number of aryl methyl sites for hydroxylation is 4. The summed E-state index contributed by atoms with van der Waals surface area (Å²) in [6, 6.07) is 38.5. The van der Waals surface area contributed by atoms with Gasteiger partial charge in [0, 0.05) is 53.3 Å². The van der Waals surface area contributed by atoms with Crippen LogP contribution in [0.25, 0.3) is 54.5 Å². The highest BCUT2D eigenvalue weighted by Crippen LogP contribution is 2.45. The predicted molar refractivity (Wildman–Crippen MR) is 278 cm³/mol. The van der Waals surface area contributed by atoms with Gasteiger partial charge in [-0.25, -0.2) is 0 Å². The molecule has 0 aliphatic carbocycles. The molecule has 0 saturated carbocycles. The number of unbranched alkanes of at least 4 members (excludes halogenated alkanes) is 6. The average molecular weight is 1010 g/mol. The molecule has 0 aliphatic rings. The first-order valence-corrected chi connectivity index (χ1v) is 26.2. The molecule has 0 radical (unpaired) electrons. The number of hydrogen-bond acceptors (Lipinski definition) is 7. The van der Waals surface area contributed by atoms with Crippen LogP contribution in [0.15, 0.2) is 111 Å². The molecule has 0 atom stereocenters. The lowest BCUT2D eigenvalue weighted by Crippen LogP contribution is -2.09. The van der Waals surface area contributed by atoms with Crippen molar-refractivity contribution in [2.75, 3.05) is 4.90 Å². The minimum absolute atomic E-state index is 0.997. The Morgan fingerprint density at radius 2 is 1.08 bits per heavy atom. The van der Waals surface area contributed by atoms with Crippen LogP contribution < -0.4 is 4.90 Å². The van der Waals surface area contributed by atoms with Crippen molar-refractivity contribution in [3.63, 3.8) is 0 Å². The lowest BCUT2D eigenvalue weighted by atomic mass is 10.0. The van der Waals surface area contributed by atoms with Crippen LogP contribution in [0.2, 0.25) is 0 Å². The second kappa shape index (κ2) is 20.7. The van der Waals surface area contributed by atoms with E-state index in [1.54, 1.807) is 11.3 Å². The van der Waals surface area contributed by atoms with E-state index in [0.717, 1.165) is 48.5 Å². The van der Waals surface area contributed by atoms with Crippen LogP contribution in [0.1, 0.15) is 97.9 Å². The molecular weight excluding hydrogens is 955 g/mol.